The summed E-state index contributed by atoms with van der Waals surface area (Å²) in [5.41, 5.74) is 7.65. The van der Waals surface area contributed by atoms with Crippen LogP contribution in [0.4, 0.5) is 4.39 Å². The Balaban J connectivity index is 2.00. The van der Waals surface area contributed by atoms with Gasteiger partial charge in [-0.3, -0.25) is 14.7 Å². The maximum absolute atomic E-state index is 13.5. The van der Waals surface area contributed by atoms with Gasteiger partial charge in [-0.25, -0.2) is 9.38 Å². The largest absolute Gasteiger partial charge is 0.497 e. The number of nitriles is 1. The topological polar surface area (TPSA) is 105 Å². The van der Waals surface area contributed by atoms with Crippen LogP contribution < -0.4 is 10.5 Å². The van der Waals surface area contributed by atoms with E-state index < -0.39 is 12.2 Å². The van der Waals surface area contributed by atoms with Crippen molar-refractivity contribution >= 4 is 11.9 Å². The van der Waals surface area contributed by atoms with Crippen LogP contribution >= 0.6 is 0 Å². The maximum atomic E-state index is 13.5. The first-order valence-corrected chi connectivity index (χ1v) is 9.78. The molecule has 1 amide bonds. The molecule has 2 heterocycles. The molecule has 1 aromatic heterocycles. The molecule has 2 N–H and O–H groups in total. The van der Waals surface area contributed by atoms with Crippen molar-refractivity contribution in [2.45, 2.75) is 12.2 Å². The highest BCUT2D eigenvalue weighted by molar-refractivity contribution is 6.09. The maximum Gasteiger partial charge on any atom is 0.266 e. The summed E-state index contributed by atoms with van der Waals surface area (Å²) in [7, 11) is 3.06. The Morgan fingerprint density at radius 3 is 2.62 bits per heavy atom. The summed E-state index contributed by atoms with van der Waals surface area (Å²) in [5, 5.41) is 9.28. The zero-order valence-electron chi connectivity index (χ0n) is 17.5. The Hall–Kier alpha value is -4.25. The van der Waals surface area contributed by atoms with Gasteiger partial charge in [-0.2, -0.15) is 5.26 Å². The average Bonchev–Trinajstić information content (AvgIpc) is 3.08. The van der Waals surface area contributed by atoms with E-state index in [1.165, 1.54) is 31.3 Å². The van der Waals surface area contributed by atoms with Crippen molar-refractivity contribution in [3.05, 3.63) is 83.2 Å². The second kappa shape index (κ2) is 8.12. The molecule has 1 aliphatic heterocycles. The number of hydrogen-bond donors (Lipinski definition) is 1. The van der Waals surface area contributed by atoms with Crippen LogP contribution in [0.1, 0.15) is 22.4 Å². The Morgan fingerprint density at radius 1 is 1.16 bits per heavy atom. The van der Waals surface area contributed by atoms with Crippen molar-refractivity contribution in [3.8, 4) is 22.9 Å². The molecule has 0 fully saturated rings. The van der Waals surface area contributed by atoms with Gasteiger partial charge >= 0.3 is 0 Å². The Kier molecular flexibility index (Phi) is 5.33. The quantitative estimate of drug-likeness (QED) is 0.671. The second-order valence-electron chi connectivity index (χ2n) is 7.36. The lowest BCUT2D eigenvalue weighted by atomic mass is 9.81. The standard InChI is InChI=1S/C24H20FN5O2/c1-30-22(31)24(29-23(30)27,18-6-7-28-20(11-18)13-25)19-9-17(10-21(12-19)32-2)16-5-3-4-15(8-16)14-26/h3-12H,13H2,1-2H3,(H2,27,29). The summed E-state index contributed by atoms with van der Waals surface area (Å²) in [4.78, 5) is 23.3. The Bertz CT molecular complexity index is 1280. The molecule has 2 aromatic carbocycles. The zero-order valence-corrected chi connectivity index (χ0v) is 17.5. The molecule has 0 aliphatic carbocycles. The van der Waals surface area contributed by atoms with Crippen LogP contribution in [0.2, 0.25) is 0 Å². The number of likely N-dealkylation sites (N-methyl/N-ethyl adjacent to an activating group) is 1. The molecule has 8 heteroatoms. The summed E-state index contributed by atoms with van der Waals surface area (Å²) >= 11 is 0. The number of aliphatic imine (C=N–C) groups is 1. The normalized spacial score (nSPS) is 17.8. The van der Waals surface area contributed by atoms with Crippen molar-refractivity contribution in [1.29, 1.82) is 5.26 Å². The molecule has 32 heavy (non-hydrogen) atoms. The third kappa shape index (κ3) is 3.34. The van der Waals surface area contributed by atoms with Gasteiger partial charge in [0.25, 0.3) is 5.91 Å². The van der Waals surface area contributed by atoms with E-state index in [2.05, 4.69) is 16.0 Å². The van der Waals surface area contributed by atoms with Crippen LogP contribution in [0.3, 0.4) is 0 Å². The average molecular weight is 429 g/mol. The molecule has 0 saturated heterocycles. The number of amides is 1. The summed E-state index contributed by atoms with van der Waals surface area (Å²) in [6.07, 6.45) is 1.45. The third-order valence-electron chi connectivity index (χ3n) is 5.50. The first-order chi connectivity index (χ1) is 15.4. The first-order valence-electron chi connectivity index (χ1n) is 9.78. The molecule has 160 valence electrons. The smallest absolute Gasteiger partial charge is 0.266 e. The van der Waals surface area contributed by atoms with Crippen molar-refractivity contribution in [1.82, 2.24) is 9.88 Å². The number of aromatic nitrogens is 1. The number of carbonyl (C=O) groups is 1. The molecular weight excluding hydrogens is 409 g/mol. The van der Waals surface area contributed by atoms with Crippen molar-refractivity contribution in [2.24, 2.45) is 10.7 Å². The van der Waals surface area contributed by atoms with Crippen LogP contribution in [-0.2, 0) is 17.0 Å². The monoisotopic (exact) mass is 429 g/mol. The molecule has 0 radical (unpaired) electrons. The van der Waals surface area contributed by atoms with Gasteiger partial charge in [-0.1, -0.05) is 12.1 Å². The zero-order chi connectivity index (χ0) is 22.9. The molecule has 1 atom stereocenters. The van der Waals surface area contributed by atoms with E-state index in [0.29, 0.717) is 22.4 Å². The van der Waals surface area contributed by atoms with Gasteiger partial charge in [0.15, 0.2) is 11.5 Å². The number of hydrogen-bond acceptors (Lipinski definition) is 6. The molecule has 4 rings (SSSR count). The molecular formula is C24H20FN5O2. The number of nitrogens with two attached hydrogens (primary N) is 1. The summed E-state index contributed by atoms with van der Waals surface area (Å²) in [6, 6.07) is 17.7. The van der Waals surface area contributed by atoms with E-state index in [0.717, 1.165) is 11.1 Å². The number of methoxy groups -OCH3 is 1. The molecule has 1 aliphatic rings. The molecule has 0 saturated carbocycles. The summed E-state index contributed by atoms with van der Waals surface area (Å²) < 4.78 is 18.9. The lowest BCUT2D eigenvalue weighted by Gasteiger charge is -2.27. The van der Waals surface area contributed by atoms with Crippen molar-refractivity contribution < 1.29 is 13.9 Å². The predicted molar refractivity (Wildman–Crippen MR) is 117 cm³/mol. The number of ether oxygens (including phenoxy) is 1. The van der Waals surface area contributed by atoms with E-state index in [4.69, 9.17) is 10.5 Å². The summed E-state index contributed by atoms with van der Waals surface area (Å²) in [5.74, 6) is 0.163. The van der Waals surface area contributed by atoms with Crippen LogP contribution in [-0.4, -0.2) is 35.9 Å². The molecule has 1 unspecified atom stereocenters. The van der Waals surface area contributed by atoms with Crippen molar-refractivity contribution in [2.75, 3.05) is 14.2 Å². The van der Waals surface area contributed by atoms with Gasteiger partial charge in [0, 0.05) is 13.2 Å². The number of carbonyl (C=O) groups excluding carboxylic acids is 1. The fourth-order valence-corrected chi connectivity index (χ4v) is 3.82. The van der Waals surface area contributed by atoms with Crippen LogP contribution in [0.15, 0.2) is 65.8 Å². The Morgan fingerprint density at radius 2 is 1.97 bits per heavy atom. The molecule has 7 nitrogen and oxygen atoms in total. The third-order valence-corrected chi connectivity index (χ3v) is 5.50. The van der Waals surface area contributed by atoms with Gasteiger partial charge < -0.3 is 10.5 Å². The van der Waals surface area contributed by atoms with E-state index in [-0.39, 0.29) is 17.6 Å². The highest BCUT2D eigenvalue weighted by atomic mass is 19.1. The number of guanidine groups is 1. The molecule has 0 spiro atoms. The molecule has 3 aromatic rings. The van der Waals surface area contributed by atoms with Gasteiger partial charge in [0.05, 0.1) is 24.4 Å². The SMILES string of the molecule is COc1cc(-c2cccc(C#N)c2)cc(C2(c3ccnc(CF)c3)N=C(N)N(C)C2=O)c1. The van der Waals surface area contributed by atoms with Crippen LogP contribution in [0.5, 0.6) is 5.75 Å². The fourth-order valence-electron chi connectivity index (χ4n) is 3.82. The number of benzene rings is 2. The second-order valence-corrected chi connectivity index (χ2v) is 7.36. The Labute approximate surface area is 184 Å². The van der Waals surface area contributed by atoms with E-state index in [1.54, 1.807) is 30.3 Å². The number of halogens is 1. The van der Waals surface area contributed by atoms with E-state index in [1.807, 2.05) is 18.2 Å². The lowest BCUT2D eigenvalue weighted by Crippen LogP contribution is -2.41. The number of rotatable bonds is 5. The van der Waals surface area contributed by atoms with Gasteiger partial charge in [-0.15, -0.1) is 0 Å². The minimum Gasteiger partial charge on any atom is -0.497 e. The van der Waals surface area contributed by atoms with E-state index in [9.17, 15) is 14.4 Å². The predicted octanol–water partition coefficient (Wildman–Crippen LogP) is 3.13. The highest BCUT2D eigenvalue weighted by Gasteiger charge is 2.50. The van der Waals surface area contributed by atoms with Crippen LogP contribution in [0, 0.1) is 11.3 Å². The van der Waals surface area contributed by atoms with Crippen molar-refractivity contribution in [3.63, 3.8) is 0 Å². The van der Waals surface area contributed by atoms with Gasteiger partial charge in [0.1, 0.15) is 12.4 Å². The van der Waals surface area contributed by atoms with E-state index >= 15 is 0 Å². The lowest BCUT2D eigenvalue weighted by molar-refractivity contribution is -0.129. The minimum absolute atomic E-state index is 0.0458. The highest BCUT2D eigenvalue weighted by Crippen LogP contribution is 2.42. The van der Waals surface area contributed by atoms with Gasteiger partial charge in [0.2, 0.25) is 0 Å². The summed E-state index contributed by atoms with van der Waals surface area (Å²) in [6.45, 7) is -0.780. The number of nitrogens with zero attached hydrogens (tertiary/aromatic N) is 4. The number of alkyl halides is 1. The van der Waals surface area contributed by atoms with Crippen LogP contribution in [0.25, 0.3) is 11.1 Å². The minimum atomic E-state index is -1.53. The number of pyridine rings is 1. The first kappa shape index (κ1) is 21.0. The fraction of sp³-hybridized carbons (Fsp3) is 0.167. The molecule has 0 bridgehead atoms. The van der Waals surface area contributed by atoms with Gasteiger partial charge in [-0.05, 0) is 64.7 Å².